The van der Waals surface area contributed by atoms with Crippen molar-refractivity contribution in [3.05, 3.63) is 22.2 Å². The van der Waals surface area contributed by atoms with Crippen molar-refractivity contribution in [1.82, 2.24) is 9.62 Å². The zero-order valence-electron chi connectivity index (χ0n) is 11.4. The number of rotatable bonds is 3. The largest absolute Gasteiger partial charge is 0.399 e. The van der Waals surface area contributed by atoms with E-state index in [4.69, 9.17) is 28.9 Å². The van der Waals surface area contributed by atoms with Gasteiger partial charge in [0.2, 0.25) is 10.0 Å². The standard InChI is InChI=1S/C13H17Cl2N3O2S/c14-10-5-9(16)6-11(15)13(10)21(19,20)17-12-7-18-3-1-8(12)2-4-18/h5-6,8,12,17H,1-4,7,16H2. The predicted molar refractivity (Wildman–Crippen MR) is 84.1 cm³/mol. The van der Waals surface area contributed by atoms with Crippen LogP contribution < -0.4 is 10.5 Å². The molecule has 8 heteroatoms. The summed E-state index contributed by atoms with van der Waals surface area (Å²) >= 11 is 12.0. The normalized spacial score (nSPS) is 28.8. The van der Waals surface area contributed by atoms with Crippen LogP contribution in [0.25, 0.3) is 0 Å². The van der Waals surface area contributed by atoms with Crippen LogP contribution in [0.4, 0.5) is 5.69 Å². The average Bonchev–Trinajstić information content (AvgIpc) is 2.37. The Morgan fingerprint density at radius 2 is 1.76 bits per heavy atom. The first-order valence-corrected chi connectivity index (χ1v) is 9.10. The van der Waals surface area contributed by atoms with E-state index in [1.807, 2.05) is 0 Å². The van der Waals surface area contributed by atoms with Gasteiger partial charge in [0.1, 0.15) is 4.90 Å². The Hall–Kier alpha value is -0.530. The minimum absolute atomic E-state index is 0.0498. The smallest absolute Gasteiger partial charge is 0.243 e. The highest BCUT2D eigenvalue weighted by Crippen LogP contribution is 2.34. The molecule has 116 valence electrons. The van der Waals surface area contributed by atoms with Gasteiger partial charge in [0.05, 0.1) is 10.0 Å². The fourth-order valence-corrected chi connectivity index (χ4v) is 5.72. The number of piperidine rings is 3. The van der Waals surface area contributed by atoms with Gasteiger partial charge in [0.15, 0.2) is 0 Å². The summed E-state index contributed by atoms with van der Waals surface area (Å²) in [5.41, 5.74) is 5.95. The molecular formula is C13H17Cl2N3O2S. The molecule has 3 heterocycles. The number of halogens is 2. The first-order valence-electron chi connectivity index (χ1n) is 6.86. The van der Waals surface area contributed by atoms with Gasteiger partial charge >= 0.3 is 0 Å². The first kappa shape index (κ1) is 15.4. The van der Waals surface area contributed by atoms with Gasteiger partial charge in [0.25, 0.3) is 0 Å². The van der Waals surface area contributed by atoms with E-state index in [2.05, 4.69) is 9.62 Å². The summed E-state index contributed by atoms with van der Waals surface area (Å²) in [6, 6.07) is 2.72. The quantitative estimate of drug-likeness (QED) is 0.817. The van der Waals surface area contributed by atoms with E-state index < -0.39 is 10.0 Å². The molecule has 2 bridgehead atoms. The lowest BCUT2D eigenvalue weighted by Crippen LogP contribution is -2.57. The summed E-state index contributed by atoms with van der Waals surface area (Å²) in [6.45, 7) is 2.84. The maximum Gasteiger partial charge on any atom is 0.243 e. The van der Waals surface area contributed by atoms with Crippen molar-refractivity contribution in [2.24, 2.45) is 5.92 Å². The van der Waals surface area contributed by atoms with Gasteiger partial charge in [-0.25, -0.2) is 13.1 Å². The van der Waals surface area contributed by atoms with Crippen molar-refractivity contribution in [3.8, 4) is 0 Å². The molecule has 1 unspecified atom stereocenters. The molecule has 4 rings (SSSR count). The fraction of sp³-hybridized carbons (Fsp3) is 0.538. The molecule has 21 heavy (non-hydrogen) atoms. The number of anilines is 1. The Kier molecular flexibility index (Phi) is 4.09. The van der Waals surface area contributed by atoms with E-state index in [-0.39, 0.29) is 21.0 Å². The second-order valence-corrected chi connectivity index (χ2v) is 8.14. The summed E-state index contributed by atoms with van der Waals surface area (Å²) in [5, 5.41) is 0.0996. The van der Waals surface area contributed by atoms with E-state index in [1.165, 1.54) is 12.1 Å². The van der Waals surface area contributed by atoms with Crippen molar-refractivity contribution in [1.29, 1.82) is 0 Å². The van der Waals surface area contributed by atoms with Crippen molar-refractivity contribution >= 4 is 38.9 Å². The molecule has 0 aliphatic carbocycles. The van der Waals surface area contributed by atoms with Crippen LogP contribution in [-0.4, -0.2) is 39.0 Å². The van der Waals surface area contributed by atoms with Gasteiger partial charge in [-0.05, 0) is 44.0 Å². The van der Waals surface area contributed by atoms with Crippen molar-refractivity contribution in [2.75, 3.05) is 25.4 Å². The number of hydrogen-bond acceptors (Lipinski definition) is 4. The molecule has 3 aliphatic heterocycles. The highest BCUT2D eigenvalue weighted by atomic mass is 35.5. The Morgan fingerprint density at radius 3 is 2.24 bits per heavy atom. The molecule has 3 saturated heterocycles. The van der Waals surface area contributed by atoms with E-state index in [1.54, 1.807) is 0 Å². The van der Waals surface area contributed by atoms with Gasteiger partial charge in [-0.2, -0.15) is 0 Å². The summed E-state index contributed by atoms with van der Waals surface area (Å²) in [5.74, 6) is 0.385. The fourth-order valence-electron chi connectivity index (χ4n) is 3.19. The highest BCUT2D eigenvalue weighted by Gasteiger charge is 2.37. The van der Waals surface area contributed by atoms with E-state index in [0.29, 0.717) is 11.6 Å². The third-order valence-electron chi connectivity index (χ3n) is 4.25. The summed E-state index contributed by atoms with van der Waals surface area (Å²) < 4.78 is 27.9. The zero-order valence-corrected chi connectivity index (χ0v) is 13.7. The van der Waals surface area contributed by atoms with Crippen LogP contribution >= 0.6 is 23.2 Å². The Labute approximate surface area is 134 Å². The van der Waals surface area contributed by atoms with Crippen LogP contribution in [0.2, 0.25) is 10.0 Å². The van der Waals surface area contributed by atoms with Gasteiger partial charge < -0.3 is 10.6 Å². The van der Waals surface area contributed by atoms with Crippen LogP contribution in [-0.2, 0) is 10.0 Å². The number of fused-ring (bicyclic) bond motifs is 3. The highest BCUT2D eigenvalue weighted by molar-refractivity contribution is 7.89. The minimum atomic E-state index is -3.76. The van der Waals surface area contributed by atoms with E-state index in [0.717, 1.165) is 32.5 Å². The molecule has 0 amide bonds. The van der Waals surface area contributed by atoms with Gasteiger partial charge in [0, 0.05) is 18.3 Å². The molecule has 1 aromatic carbocycles. The molecule has 0 radical (unpaired) electrons. The molecule has 0 aromatic heterocycles. The maximum absolute atomic E-state index is 12.6. The monoisotopic (exact) mass is 349 g/mol. The summed E-state index contributed by atoms with van der Waals surface area (Å²) in [4.78, 5) is 2.19. The number of nitrogen functional groups attached to an aromatic ring is 1. The molecule has 5 nitrogen and oxygen atoms in total. The molecule has 1 atom stereocenters. The number of nitrogens with one attached hydrogen (secondary N) is 1. The van der Waals surface area contributed by atoms with Crippen molar-refractivity contribution < 1.29 is 8.42 Å². The molecule has 3 N–H and O–H groups in total. The second kappa shape index (κ2) is 5.59. The third-order valence-corrected chi connectivity index (χ3v) is 6.66. The summed E-state index contributed by atoms with van der Waals surface area (Å²) in [6.07, 6.45) is 2.05. The molecule has 1 aromatic rings. The van der Waals surface area contributed by atoms with E-state index >= 15 is 0 Å². The maximum atomic E-state index is 12.6. The van der Waals surface area contributed by atoms with Gasteiger partial charge in [-0.3, -0.25) is 0 Å². The topological polar surface area (TPSA) is 75.4 Å². The molecule has 0 saturated carbocycles. The third kappa shape index (κ3) is 3.00. The average molecular weight is 350 g/mol. The first-order chi connectivity index (χ1) is 9.87. The van der Waals surface area contributed by atoms with Gasteiger partial charge in [-0.1, -0.05) is 23.2 Å². The Balaban J connectivity index is 1.88. The minimum Gasteiger partial charge on any atom is -0.399 e. The number of benzene rings is 1. The SMILES string of the molecule is Nc1cc(Cl)c(S(=O)(=O)NC2CN3CCC2CC3)c(Cl)c1. The Morgan fingerprint density at radius 1 is 1.19 bits per heavy atom. The van der Waals surface area contributed by atoms with Crippen LogP contribution in [0.1, 0.15) is 12.8 Å². The van der Waals surface area contributed by atoms with Crippen LogP contribution in [0, 0.1) is 5.92 Å². The van der Waals surface area contributed by atoms with Crippen LogP contribution in [0.3, 0.4) is 0 Å². The molecule has 3 aliphatic rings. The lowest BCUT2D eigenvalue weighted by molar-refractivity contribution is 0.0827. The number of sulfonamides is 1. The lowest BCUT2D eigenvalue weighted by atomic mass is 9.85. The number of hydrogen-bond donors (Lipinski definition) is 2. The Bertz CT molecular complexity index is 634. The van der Waals surface area contributed by atoms with Crippen molar-refractivity contribution in [2.45, 2.75) is 23.8 Å². The summed E-state index contributed by atoms with van der Waals surface area (Å²) in [7, 11) is -3.76. The van der Waals surface area contributed by atoms with E-state index in [9.17, 15) is 8.42 Å². The predicted octanol–water partition coefficient (Wildman–Crippen LogP) is 1.95. The second-order valence-electron chi connectivity index (χ2n) is 5.68. The van der Waals surface area contributed by atoms with Crippen LogP contribution in [0.15, 0.2) is 17.0 Å². The van der Waals surface area contributed by atoms with Crippen LogP contribution in [0.5, 0.6) is 0 Å². The number of nitrogens with zero attached hydrogens (tertiary/aromatic N) is 1. The van der Waals surface area contributed by atoms with Gasteiger partial charge in [-0.15, -0.1) is 0 Å². The number of nitrogens with two attached hydrogens (primary N) is 1. The zero-order chi connectivity index (χ0) is 15.2. The molecular weight excluding hydrogens is 333 g/mol. The lowest BCUT2D eigenvalue weighted by Gasteiger charge is -2.44. The molecule has 3 fully saturated rings. The molecule has 0 spiro atoms. The van der Waals surface area contributed by atoms with Crippen molar-refractivity contribution in [3.63, 3.8) is 0 Å².